The van der Waals surface area contributed by atoms with E-state index in [1.807, 2.05) is 0 Å². The molecule has 0 aromatic heterocycles. The first-order valence-electron chi connectivity index (χ1n) is 6.20. The summed E-state index contributed by atoms with van der Waals surface area (Å²) in [6.07, 6.45) is 1.06. The Balaban J connectivity index is 2.08. The molecule has 20 heavy (non-hydrogen) atoms. The highest BCUT2D eigenvalue weighted by Crippen LogP contribution is 2.22. The first-order valence-corrected chi connectivity index (χ1v) is 8.06. The zero-order valence-electron chi connectivity index (χ0n) is 10.7. The average molecular weight is 318 g/mol. The monoisotopic (exact) mass is 317 g/mol. The summed E-state index contributed by atoms with van der Waals surface area (Å²) in [6.45, 7) is 0.449. The van der Waals surface area contributed by atoms with Crippen LogP contribution in [-0.4, -0.2) is 26.9 Å². The van der Waals surface area contributed by atoms with Gasteiger partial charge in [0, 0.05) is 25.6 Å². The van der Waals surface area contributed by atoms with E-state index in [2.05, 4.69) is 10.0 Å². The number of benzene rings is 1. The number of carbonyl (C=O) groups excluding carboxylic acids is 1. The maximum absolute atomic E-state index is 12.2. The van der Waals surface area contributed by atoms with Crippen LogP contribution < -0.4 is 15.8 Å². The predicted octanol–water partition coefficient (Wildman–Crippen LogP) is 0.356. The van der Waals surface area contributed by atoms with E-state index in [1.165, 1.54) is 12.1 Å². The Morgan fingerprint density at radius 3 is 2.75 bits per heavy atom. The van der Waals surface area contributed by atoms with Crippen molar-refractivity contribution in [3.8, 4) is 0 Å². The zero-order valence-corrected chi connectivity index (χ0v) is 12.3. The van der Waals surface area contributed by atoms with Gasteiger partial charge in [0.25, 0.3) is 0 Å². The third-order valence-electron chi connectivity index (χ3n) is 3.13. The van der Waals surface area contributed by atoms with Gasteiger partial charge in [-0.3, -0.25) is 4.79 Å². The maximum atomic E-state index is 12.2. The number of hydrogen-bond acceptors (Lipinski definition) is 4. The number of sulfonamides is 1. The van der Waals surface area contributed by atoms with E-state index >= 15 is 0 Å². The molecule has 1 unspecified atom stereocenters. The molecule has 110 valence electrons. The van der Waals surface area contributed by atoms with Crippen LogP contribution >= 0.6 is 11.6 Å². The van der Waals surface area contributed by atoms with Gasteiger partial charge < -0.3 is 11.1 Å². The quantitative estimate of drug-likeness (QED) is 0.729. The minimum atomic E-state index is -3.69. The third-order valence-corrected chi connectivity index (χ3v) is 5.03. The van der Waals surface area contributed by atoms with E-state index in [4.69, 9.17) is 17.3 Å². The molecule has 1 aliphatic rings. The zero-order chi connectivity index (χ0) is 14.8. The molecule has 1 saturated heterocycles. The maximum Gasteiger partial charge on any atom is 0.242 e. The lowest BCUT2D eigenvalue weighted by Crippen LogP contribution is -2.38. The van der Waals surface area contributed by atoms with Crippen molar-refractivity contribution in [3.63, 3.8) is 0 Å². The first-order chi connectivity index (χ1) is 9.42. The van der Waals surface area contributed by atoms with Gasteiger partial charge in [0.2, 0.25) is 15.9 Å². The molecule has 6 nitrogen and oxygen atoms in total. The second-order valence-corrected chi connectivity index (χ2v) is 6.77. The van der Waals surface area contributed by atoms with E-state index in [-0.39, 0.29) is 28.4 Å². The Kier molecular flexibility index (Phi) is 4.64. The summed E-state index contributed by atoms with van der Waals surface area (Å²) in [5, 5.41) is 2.83. The fourth-order valence-electron chi connectivity index (χ4n) is 2.01. The highest BCUT2D eigenvalue weighted by molar-refractivity contribution is 7.89. The summed E-state index contributed by atoms with van der Waals surface area (Å²) in [6, 6.07) is 4.42. The van der Waals surface area contributed by atoms with Gasteiger partial charge >= 0.3 is 0 Å². The Labute approximate surface area is 122 Å². The van der Waals surface area contributed by atoms with Crippen LogP contribution in [0.1, 0.15) is 18.4 Å². The van der Waals surface area contributed by atoms with Crippen molar-refractivity contribution in [3.05, 3.63) is 28.8 Å². The Hall–Kier alpha value is -1.15. The molecule has 0 spiro atoms. The predicted molar refractivity (Wildman–Crippen MR) is 75.7 cm³/mol. The Morgan fingerprint density at radius 2 is 2.20 bits per heavy atom. The van der Waals surface area contributed by atoms with Crippen LogP contribution in [-0.2, 0) is 21.4 Å². The fourth-order valence-corrected chi connectivity index (χ4v) is 3.65. The number of nitrogens with one attached hydrogen (secondary N) is 2. The summed E-state index contributed by atoms with van der Waals surface area (Å²) in [7, 11) is -3.69. The standard InChI is InChI=1S/C12H16ClN3O3S/c13-10-5-8(6-14)1-3-11(10)20(18,19)15-7-9-2-4-12(17)16-9/h1,3,5,9,15H,2,4,6-7,14H2,(H,16,17). The molecule has 1 aromatic carbocycles. The van der Waals surface area contributed by atoms with Crippen LogP contribution in [0, 0.1) is 0 Å². The molecule has 0 saturated carbocycles. The summed E-state index contributed by atoms with van der Waals surface area (Å²) >= 11 is 5.97. The van der Waals surface area contributed by atoms with Crippen molar-refractivity contribution in [2.75, 3.05) is 6.54 Å². The van der Waals surface area contributed by atoms with Crippen LogP contribution in [0.15, 0.2) is 23.1 Å². The van der Waals surface area contributed by atoms with Crippen molar-refractivity contribution in [2.24, 2.45) is 5.73 Å². The molecule has 8 heteroatoms. The van der Waals surface area contributed by atoms with Crippen LogP contribution in [0.3, 0.4) is 0 Å². The van der Waals surface area contributed by atoms with Crippen molar-refractivity contribution >= 4 is 27.5 Å². The lowest BCUT2D eigenvalue weighted by Gasteiger charge is -2.13. The molecule has 1 fully saturated rings. The lowest BCUT2D eigenvalue weighted by atomic mass is 10.2. The number of hydrogen-bond donors (Lipinski definition) is 3. The van der Waals surface area contributed by atoms with Crippen molar-refractivity contribution in [1.29, 1.82) is 0 Å². The molecule has 0 bridgehead atoms. The summed E-state index contributed by atoms with van der Waals surface area (Å²) in [5.74, 6) is -0.0560. The van der Waals surface area contributed by atoms with Crippen LogP contribution in [0.5, 0.6) is 0 Å². The largest absolute Gasteiger partial charge is 0.352 e. The second kappa shape index (κ2) is 6.09. The van der Waals surface area contributed by atoms with E-state index < -0.39 is 10.0 Å². The summed E-state index contributed by atoms with van der Waals surface area (Å²) < 4.78 is 26.8. The van der Waals surface area contributed by atoms with E-state index in [1.54, 1.807) is 6.07 Å². The third kappa shape index (κ3) is 3.49. The normalized spacial score (nSPS) is 19.1. The summed E-state index contributed by atoms with van der Waals surface area (Å²) in [5.41, 5.74) is 6.23. The topological polar surface area (TPSA) is 101 Å². The molecule has 1 aliphatic heterocycles. The van der Waals surface area contributed by atoms with Gasteiger partial charge in [0.05, 0.1) is 5.02 Å². The minimum Gasteiger partial charge on any atom is -0.352 e. The van der Waals surface area contributed by atoms with Crippen LogP contribution in [0.4, 0.5) is 0 Å². The Bertz CT molecular complexity index is 618. The molecule has 1 amide bonds. The highest BCUT2D eigenvalue weighted by Gasteiger charge is 2.24. The molecule has 1 heterocycles. The number of nitrogens with two attached hydrogens (primary N) is 1. The van der Waals surface area contributed by atoms with Crippen LogP contribution in [0.25, 0.3) is 0 Å². The van der Waals surface area contributed by atoms with Gasteiger partial charge in [-0.25, -0.2) is 13.1 Å². The average Bonchev–Trinajstić information content (AvgIpc) is 2.82. The van der Waals surface area contributed by atoms with E-state index in [0.29, 0.717) is 19.4 Å². The lowest BCUT2D eigenvalue weighted by molar-refractivity contribution is -0.119. The van der Waals surface area contributed by atoms with Gasteiger partial charge in [-0.1, -0.05) is 17.7 Å². The van der Waals surface area contributed by atoms with Gasteiger partial charge in [0.15, 0.2) is 0 Å². The SMILES string of the molecule is NCc1ccc(S(=O)(=O)NCC2CCC(=O)N2)c(Cl)c1. The van der Waals surface area contributed by atoms with Crippen molar-refractivity contribution in [1.82, 2.24) is 10.0 Å². The molecule has 4 N–H and O–H groups in total. The van der Waals surface area contributed by atoms with Gasteiger partial charge in [-0.15, -0.1) is 0 Å². The van der Waals surface area contributed by atoms with E-state index in [9.17, 15) is 13.2 Å². The van der Waals surface area contributed by atoms with Crippen molar-refractivity contribution < 1.29 is 13.2 Å². The molecule has 2 rings (SSSR count). The molecular weight excluding hydrogens is 302 g/mol. The van der Waals surface area contributed by atoms with E-state index in [0.717, 1.165) is 5.56 Å². The molecular formula is C12H16ClN3O3S. The molecule has 1 aromatic rings. The Morgan fingerprint density at radius 1 is 1.45 bits per heavy atom. The van der Waals surface area contributed by atoms with Crippen LogP contribution in [0.2, 0.25) is 5.02 Å². The van der Waals surface area contributed by atoms with Crippen molar-refractivity contribution in [2.45, 2.75) is 30.3 Å². The van der Waals surface area contributed by atoms with Gasteiger partial charge in [-0.2, -0.15) is 0 Å². The number of amides is 1. The van der Waals surface area contributed by atoms with Gasteiger partial charge in [0.1, 0.15) is 4.90 Å². The smallest absolute Gasteiger partial charge is 0.242 e. The summed E-state index contributed by atoms with van der Waals surface area (Å²) in [4.78, 5) is 11.1. The number of halogens is 1. The number of rotatable bonds is 5. The molecule has 0 radical (unpaired) electrons. The first kappa shape index (κ1) is 15.2. The fraction of sp³-hybridized carbons (Fsp3) is 0.417. The molecule has 1 atom stereocenters. The number of carbonyl (C=O) groups is 1. The minimum absolute atomic E-state index is 0.0145. The second-order valence-electron chi connectivity index (χ2n) is 4.62. The highest BCUT2D eigenvalue weighted by atomic mass is 35.5. The molecule has 0 aliphatic carbocycles. The van der Waals surface area contributed by atoms with Gasteiger partial charge in [-0.05, 0) is 24.1 Å².